The van der Waals surface area contributed by atoms with Gasteiger partial charge in [0, 0.05) is 36.4 Å². The van der Waals surface area contributed by atoms with E-state index in [9.17, 15) is 0 Å². The monoisotopic (exact) mass is 283 g/mol. The molecule has 2 unspecified atom stereocenters. The van der Waals surface area contributed by atoms with Gasteiger partial charge in [-0.3, -0.25) is 0 Å². The van der Waals surface area contributed by atoms with Crippen LogP contribution in [0.1, 0.15) is 18.9 Å². The van der Waals surface area contributed by atoms with Gasteiger partial charge in [0.2, 0.25) is 0 Å². The Bertz CT molecular complexity index is 381. The molecule has 4 heteroatoms. The van der Waals surface area contributed by atoms with Crippen LogP contribution in [0.4, 0.5) is 5.82 Å². The first-order valence-corrected chi connectivity index (χ1v) is 6.46. The highest BCUT2D eigenvalue weighted by Crippen LogP contribution is 2.38. The Labute approximate surface area is 105 Å². The summed E-state index contributed by atoms with van der Waals surface area (Å²) >= 11 is 3.42. The van der Waals surface area contributed by atoms with Gasteiger partial charge in [-0.1, -0.05) is 6.92 Å². The maximum absolute atomic E-state index is 5.74. The number of nitrogens with zero attached hydrogens (tertiary/aromatic N) is 2. The fourth-order valence-electron chi connectivity index (χ4n) is 2.06. The van der Waals surface area contributed by atoms with Crippen molar-refractivity contribution < 1.29 is 0 Å². The van der Waals surface area contributed by atoms with Crippen LogP contribution >= 0.6 is 15.9 Å². The Morgan fingerprint density at radius 2 is 2.31 bits per heavy atom. The van der Waals surface area contributed by atoms with Gasteiger partial charge in [0.1, 0.15) is 5.82 Å². The average Bonchev–Trinajstić information content (AvgIpc) is 2.93. The molecular formula is C12H18BrN3. The third-order valence-electron chi connectivity index (χ3n) is 3.28. The van der Waals surface area contributed by atoms with E-state index in [1.165, 1.54) is 6.42 Å². The molecule has 1 aliphatic carbocycles. The Balaban J connectivity index is 2.12. The van der Waals surface area contributed by atoms with Crippen LogP contribution in [0.2, 0.25) is 0 Å². The molecule has 1 aromatic rings. The third kappa shape index (κ3) is 2.55. The fraction of sp³-hybridized carbons (Fsp3) is 0.583. The quantitative estimate of drug-likeness (QED) is 0.923. The van der Waals surface area contributed by atoms with Crippen molar-refractivity contribution in [2.24, 2.45) is 17.6 Å². The lowest BCUT2D eigenvalue weighted by atomic mass is 10.2. The van der Waals surface area contributed by atoms with Crippen molar-refractivity contribution in [3.8, 4) is 0 Å². The van der Waals surface area contributed by atoms with Gasteiger partial charge in [-0.05, 0) is 40.3 Å². The molecule has 1 heterocycles. The highest BCUT2D eigenvalue weighted by atomic mass is 79.9. The van der Waals surface area contributed by atoms with Crippen molar-refractivity contribution in [1.29, 1.82) is 0 Å². The normalized spacial score (nSPS) is 23.2. The number of hydrogen-bond donors (Lipinski definition) is 1. The van der Waals surface area contributed by atoms with Gasteiger partial charge in [0.05, 0.1) is 0 Å². The topological polar surface area (TPSA) is 42.2 Å². The number of anilines is 1. The summed E-state index contributed by atoms with van der Waals surface area (Å²) in [6, 6.07) is 2.05. The summed E-state index contributed by atoms with van der Waals surface area (Å²) in [6.07, 6.45) is 3.18. The predicted molar refractivity (Wildman–Crippen MR) is 70.4 cm³/mol. The van der Waals surface area contributed by atoms with Crippen molar-refractivity contribution in [2.75, 3.05) is 18.5 Å². The van der Waals surface area contributed by atoms with Gasteiger partial charge in [-0.15, -0.1) is 0 Å². The lowest BCUT2D eigenvalue weighted by Gasteiger charge is -2.21. The number of pyridine rings is 1. The lowest BCUT2D eigenvalue weighted by Crippen LogP contribution is -2.23. The maximum Gasteiger partial charge on any atom is 0.132 e. The summed E-state index contributed by atoms with van der Waals surface area (Å²) in [7, 11) is 2.10. The standard InChI is InChI=1S/C12H18BrN3/c1-8-3-10(8)7-16(2)12-9(5-14)4-11(13)6-15-12/h4,6,8,10H,3,5,7,14H2,1-2H3. The van der Waals surface area contributed by atoms with Crippen LogP contribution in [0.25, 0.3) is 0 Å². The van der Waals surface area contributed by atoms with Crippen molar-refractivity contribution >= 4 is 21.7 Å². The fourth-order valence-corrected chi connectivity index (χ4v) is 2.44. The second kappa shape index (κ2) is 4.72. The van der Waals surface area contributed by atoms with E-state index in [1.807, 2.05) is 6.20 Å². The molecular weight excluding hydrogens is 266 g/mol. The largest absolute Gasteiger partial charge is 0.359 e. The Hall–Kier alpha value is -0.610. The number of nitrogens with two attached hydrogens (primary N) is 1. The van der Waals surface area contributed by atoms with E-state index in [0.29, 0.717) is 6.54 Å². The number of hydrogen-bond acceptors (Lipinski definition) is 3. The second-order valence-electron chi connectivity index (χ2n) is 4.69. The summed E-state index contributed by atoms with van der Waals surface area (Å²) in [5.41, 5.74) is 6.85. The molecule has 0 radical (unpaired) electrons. The van der Waals surface area contributed by atoms with Crippen molar-refractivity contribution in [3.63, 3.8) is 0 Å². The van der Waals surface area contributed by atoms with E-state index in [1.54, 1.807) is 0 Å². The molecule has 16 heavy (non-hydrogen) atoms. The molecule has 1 aromatic heterocycles. The molecule has 0 bridgehead atoms. The number of aromatic nitrogens is 1. The molecule has 2 N–H and O–H groups in total. The lowest BCUT2D eigenvalue weighted by molar-refractivity contribution is 0.716. The SMILES string of the molecule is CC1CC1CN(C)c1ncc(Br)cc1CN. The molecule has 1 aliphatic rings. The smallest absolute Gasteiger partial charge is 0.132 e. The molecule has 0 saturated heterocycles. The van der Waals surface area contributed by atoms with E-state index >= 15 is 0 Å². The van der Waals surface area contributed by atoms with Crippen molar-refractivity contribution in [1.82, 2.24) is 4.98 Å². The van der Waals surface area contributed by atoms with E-state index in [4.69, 9.17) is 5.73 Å². The molecule has 2 rings (SSSR count). The van der Waals surface area contributed by atoms with Crippen molar-refractivity contribution in [3.05, 3.63) is 22.3 Å². The molecule has 1 saturated carbocycles. The highest BCUT2D eigenvalue weighted by Gasteiger charge is 2.33. The van der Waals surface area contributed by atoms with Crippen LogP contribution in [-0.4, -0.2) is 18.6 Å². The first-order chi connectivity index (χ1) is 7.61. The van der Waals surface area contributed by atoms with Gasteiger partial charge < -0.3 is 10.6 Å². The third-order valence-corrected chi connectivity index (χ3v) is 3.71. The molecule has 0 aromatic carbocycles. The van der Waals surface area contributed by atoms with Crippen LogP contribution < -0.4 is 10.6 Å². The highest BCUT2D eigenvalue weighted by molar-refractivity contribution is 9.10. The predicted octanol–water partition coefficient (Wildman–Crippen LogP) is 2.40. The van der Waals surface area contributed by atoms with E-state index in [2.05, 4.69) is 45.9 Å². The van der Waals surface area contributed by atoms with Crippen LogP contribution in [-0.2, 0) is 6.54 Å². The minimum atomic E-state index is 0.534. The Kier molecular flexibility index (Phi) is 3.50. The van der Waals surface area contributed by atoms with E-state index in [0.717, 1.165) is 34.2 Å². The Morgan fingerprint density at radius 3 is 2.88 bits per heavy atom. The minimum absolute atomic E-state index is 0.534. The summed E-state index contributed by atoms with van der Waals surface area (Å²) in [6.45, 7) is 3.92. The van der Waals surface area contributed by atoms with Gasteiger partial charge in [-0.2, -0.15) is 0 Å². The number of halogens is 1. The van der Waals surface area contributed by atoms with Gasteiger partial charge in [0.25, 0.3) is 0 Å². The molecule has 2 atom stereocenters. The van der Waals surface area contributed by atoms with Gasteiger partial charge in [0.15, 0.2) is 0 Å². The number of rotatable bonds is 4. The molecule has 0 aliphatic heterocycles. The van der Waals surface area contributed by atoms with Gasteiger partial charge >= 0.3 is 0 Å². The average molecular weight is 284 g/mol. The summed E-state index contributed by atoms with van der Waals surface area (Å²) < 4.78 is 0.991. The van der Waals surface area contributed by atoms with Crippen LogP contribution in [0.3, 0.4) is 0 Å². The molecule has 88 valence electrons. The summed E-state index contributed by atoms with van der Waals surface area (Å²) in [4.78, 5) is 6.68. The molecule has 0 spiro atoms. The zero-order valence-corrected chi connectivity index (χ0v) is 11.4. The van der Waals surface area contributed by atoms with Crippen molar-refractivity contribution in [2.45, 2.75) is 19.9 Å². The molecule has 1 fully saturated rings. The zero-order valence-electron chi connectivity index (χ0n) is 9.78. The summed E-state index contributed by atoms with van der Waals surface area (Å²) in [5.74, 6) is 2.73. The first-order valence-electron chi connectivity index (χ1n) is 5.67. The summed E-state index contributed by atoms with van der Waals surface area (Å²) in [5, 5.41) is 0. The van der Waals surface area contributed by atoms with E-state index in [-0.39, 0.29) is 0 Å². The second-order valence-corrected chi connectivity index (χ2v) is 5.61. The Morgan fingerprint density at radius 1 is 1.62 bits per heavy atom. The first kappa shape index (κ1) is 11.9. The van der Waals surface area contributed by atoms with E-state index < -0.39 is 0 Å². The van der Waals surface area contributed by atoms with Gasteiger partial charge in [-0.25, -0.2) is 4.98 Å². The molecule has 0 amide bonds. The van der Waals surface area contributed by atoms with Crippen LogP contribution in [0.5, 0.6) is 0 Å². The minimum Gasteiger partial charge on any atom is -0.359 e. The molecule has 3 nitrogen and oxygen atoms in total. The van der Waals surface area contributed by atoms with Crippen LogP contribution in [0, 0.1) is 11.8 Å². The maximum atomic E-state index is 5.74. The zero-order chi connectivity index (χ0) is 11.7. The van der Waals surface area contributed by atoms with Crippen LogP contribution in [0.15, 0.2) is 16.7 Å².